The zero-order valence-electron chi connectivity index (χ0n) is 31.0. The molecule has 2 unspecified atom stereocenters. The van der Waals surface area contributed by atoms with E-state index in [1.807, 2.05) is 0 Å². The summed E-state index contributed by atoms with van der Waals surface area (Å²) < 4.78 is 11.2. The lowest BCUT2D eigenvalue weighted by atomic mass is 9.99. The third kappa shape index (κ3) is 22.1. The lowest BCUT2D eigenvalue weighted by molar-refractivity contribution is -0.302. The van der Waals surface area contributed by atoms with Crippen LogP contribution in [-0.2, 0) is 14.3 Å². The molecule has 1 aliphatic rings. The Morgan fingerprint density at radius 2 is 1.04 bits per heavy atom. The van der Waals surface area contributed by atoms with Gasteiger partial charge in [-0.15, -0.1) is 0 Å². The molecule has 0 aromatic rings. The molecular weight excluding hydrogens is 610 g/mol. The van der Waals surface area contributed by atoms with E-state index in [2.05, 4.69) is 19.2 Å². The third-order valence-corrected chi connectivity index (χ3v) is 9.96. The molecule has 0 radical (unpaired) electrons. The minimum Gasteiger partial charge on any atom is -0.394 e. The molecule has 0 spiro atoms. The van der Waals surface area contributed by atoms with Gasteiger partial charge >= 0.3 is 0 Å². The molecule has 0 saturated carbocycles. The zero-order valence-corrected chi connectivity index (χ0v) is 31.0. The van der Waals surface area contributed by atoms with E-state index >= 15 is 0 Å². The van der Waals surface area contributed by atoms with E-state index in [0.717, 1.165) is 38.5 Å². The molecule has 1 fully saturated rings. The molecule has 9 nitrogen and oxygen atoms in total. The fourth-order valence-corrected chi connectivity index (χ4v) is 6.63. The zero-order chi connectivity index (χ0) is 35.2. The first-order valence-electron chi connectivity index (χ1n) is 20.2. The second-order valence-electron chi connectivity index (χ2n) is 14.4. The topological polar surface area (TPSA) is 149 Å². The fourth-order valence-electron chi connectivity index (χ4n) is 6.63. The van der Waals surface area contributed by atoms with Crippen LogP contribution in [0.4, 0.5) is 0 Å². The van der Waals surface area contributed by atoms with Crippen LogP contribution >= 0.6 is 0 Å². The van der Waals surface area contributed by atoms with E-state index in [1.165, 1.54) is 122 Å². The van der Waals surface area contributed by atoms with Gasteiger partial charge in [0.2, 0.25) is 5.91 Å². The Morgan fingerprint density at radius 3 is 1.48 bits per heavy atom. The van der Waals surface area contributed by atoms with Gasteiger partial charge < -0.3 is 40.3 Å². The van der Waals surface area contributed by atoms with Gasteiger partial charge in [-0.2, -0.15) is 0 Å². The lowest BCUT2D eigenvalue weighted by Gasteiger charge is -2.40. The number of carbonyl (C=O) groups excluding carboxylic acids is 1. The van der Waals surface area contributed by atoms with Crippen LogP contribution < -0.4 is 5.32 Å². The van der Waals surface area contributed by atoms with Crippen LogP contribution in [0.3, 0.4) is 0 Å². The summed E-state index contributed by atoms with van der Waals surface area (Å²) in [6.07, 6.45) is 23.9. The van der Waals surface area contributed by atoms with Gasteiger partial charge in [0.05, 0.1) is 25.4 Å². The maximum atomic E-state index is 12.9. The van der Waals surface area contributed by atoms with Gasteiger partial charge in [-0.05, 0) is 12.8 Å². The van der Waals surface area contributed by atoms with Gasteiger partial charge in [0.1, 0.15) is 24.4 Å². The summed E-state index contributed by atoms with van der Waals surface area (Å²) in [6, 6.07) is -0.709. The highest BCUT2D eigenvalue weighted by atomic mass is 16.7. The third-order valence-electron chi connectivity index (χ3n) is 9.96. The largest absolute Gasteiger partial charge is 0.394 e. The number of unbranched alkanes of at least 4 members (excludes halogenated alkanes) is 23. The minimum atomic E-state index is -1.55. The van der Waals surface area contributed by atoms with Crippen molar-refractivity contribution in [3.63, 3.8) is 0 Å². The van der Waals surface area contributed by atoms with E-state index in [-0.39, 0.29) is 12.5 Å². The van der Waals surface area contributed by atoms with Crippen LogP contribution in [-0.4, -0.2) is 87.5 Å². The van der Waals surface area contributed by atoms with E-state index < -0.39 is 49.5 Å². The van der Waals surface area contributed by atoms with Gasteiger partial charge in [0, 0.05) is 6.42 Å². The van der Waals surface area contributed by atoms with Gasteiger partial charge in [-0.25, -0.2) is 0 Å². The number of carbonyl (C=O) groups is 1. The molecule has 1 amide bonds. The quantitative estimate of drug-likeness (QED) is 0.0396. The van der Waals surface area contributed by atoms with Crippen molar-refractivity contribution in [1.82, 2.24) is 5.32 Å². The van der Waals surface area contributed by atoms with Gasteiger partial charge in [-0.3, -0.25) is 4.79 Å². The van der Waals surface area contributed by atoms with Crippen LogP contribution in [0.5, 0.6) is 0 Å². The number of rotatable bonds is 33. The molecule has 0 bridgehead atoms. The maximum Gasteiger partial charge on any atom is 0.220 e. The average Bonchev–Trinajstić information content (AvgIpc) is 3.08. The molecule has 6 N–H and O–H groups in total. The summed E-state index contributed by atoms with van der Waals surface area (Å²) >= 11 is 0. The van der Waals surface area contributed by atoms with E-state index in [4.69, 9.17) is 9.47 Å². The standard InChI is InChI=1S/C39H77NO8/c1-3-5-7-9-11-13-15-17-18-20-22-24-26-28-33(42)32(31-47-39-38(46)37(45)36(44)34(30-41)48-39)40-35(43)29-27-25-23-21-19-16-14-12-10-8-6-4-2/h32-34,36-39,41-42,44-46H,3-31H2,1-2H3,(H,40,43)/t32-,33+,34+,36-,37?,38?,39+/m0/s1. The Labute approximate surface area is 294 Å². The van der Waals surface area contributed by atoms with Crippen molar-refractivity contribution >= 4 is 5.91 Å². The lowest BCUT2D eigenvalue weighted by Crippen LogP contribution is -2.60. The van der Waals surface area contributed by atoms with Crippen LogP contribution in [0.15, 0.2) is 0 Å². The Kier molecular flexibility index (Phi) is 29.2. The van der Waals surface area contributed by atoms with E-state index in [1.54, 1.807) is 0 Å². The Bertz CT molecular complexity index is 726. The number of amides is 1. The highest BCUT2D eigenvalue weighted by Crippen LogP contribution is 2.23. The summed E-state index contributed by atoms with van der Waals surface area (Å²) in [7, 11) is 0. The Hall–Kier alpha value is -0.810. The summed E-state index contributed by atoms with van der Waals surface area (Å²) in [5.74, 6) is -0.145. The smallest absolute Gasteiger partial charge is 0.220 e. The highest BCUT2D eigenvalue weighted by molar-refractivity contribution is 5.76. The highest BCUT2D eigenvalue weighted by Gasteiger charge is 2.44. The van der Waals surface area contributed by atoms with Crippen LogP contribution in [0.25, 0.3) is 0 Å². The minimum absolute atomic E-state index is 0.132. The van der Waals surface area contributed by atoms with Crippen LogP contribution in [0.2, 0.25) is 0 Å². The SMILES string of the molecule is CCCCCCCCCCCCCCC[C@@H](O)[C@H](CO[C@@H]1O[C@H](CO)[C@H](O)C(O)C1O)NC(=O)CCCCCCCCCCCCCC. The molecular formula is C39H77NO8. The monoisotopic (exact) mass is 688 g/mol. The van der Waals surface area contributed by atoms with Gasteiger partial charge in [0.15, 0.2) is 6.29 Å². The second-order valence-corrected chi connectivity index (χ2v) is 14.4. The molecule has 9 heteroatoms. The number of ether oxygens (including phenoxy) is 2. The Morgan fingerprint density at radius 1 is 0.625 bits per heavy atom. The maximum absolute atomic E-state index is 12.9. The van der Waals surface area contributed by atoms with Crippen molar-refractivity contribution in [2.45, 2.75) is 230 Å². The molecule has 1 saturated heterocycles. The van der Waals surface area contributed by atoms with Crippen LogP contribution in [0.1, 0.15) is 187 Å². The first-order valence-corrected chi connectivity index (χ1v) is 20.2. The van der Waals surface area contributed by atoms with E-state index in [9.17, 15) is 30.3 Å². The number of hydrogen-bond acceptors (Lipinski definition) is 8. The second kappa shape index (κ2) is 31.0. The van der Waals surface area contributed by atoms with Crippen LogP contribution in [0, 0.1) is 0 Å². The predicted molar refractivity (Wildman–Crippen MR) is 194 cm³/mol. The van der Waals surface area contributed by atoms with Gasteiger partial charge in [-0.1, -0.05) is 168 Å². The molecule has 1 heterocycles. The summed E-state index contributed by atoms with van der Waals surface area (Å²) in [5, 5.41) is 54.1. The molecule has 0 aliphatic carbocycles. The van der Waals surface area contributed by atoms with Crippen molar-refractivity contribution in [3.05, 3.63) is 0 Å². The van der Waals surface area contributed by atoms with Crippen molar-refractivity contribution in [2.75, 3.05) is 13.2 Å². The van der Waals surface area contributed by atoms with Crippen molar-refractivity contribution in [1.29, 1.82) is 0 Å². The normalized spacial score (nSPS) is 22.5. The average molecular weight is 688 g/mol. The Balaban J connectivity index is 2.40. The van der Waals surface area contributed by atoms with Crippen molar-refractivity contribution in [2.24, 2.45) is 0 Å². The number of aliphatic hydroxyl groups excluding tert-OH is 5. The molecule has 1 rings (SSSR count). The molecule has 7 atom stereocenters. The first kappa shape index (κ1) is 45.2. The van der Waals surface area contributed by atoms with Crippen molar-refractivity contribution in [3.8, 4) is 0 Å². The van der Waals surface area contributed by atoms with Crippen molar-refractivity contribution < 1.29 is 39.8 Å². The fraction of sp³-hybridized carbons (Fsp3) is 0.974. The molecule has 48 heavy (non-hydrogen) atoms. The number of hydrogen-bond donors (Lipinski definition) is 6. The summed E-state index contributed by atoms with van der Waals surface area (Å²) in [4.78, 5) is 12.9. The first-order chi connectivity index (χ1) is 23.3. The predicted octanol–water partition coefficient (Wildman–Crippen LogP) is 7.22. The summed E-state index contributed by atoms with van der Waals surface area (Å²) in [5.41, 5.74) is 0. The molecule has 1 aliphatic heterocycles. The number of nitrogens with one attached hydrogen (secondary N) is 1. The van der Waals surface area contributed by atoms with Gasteiger partial charge in [0.25, 0.3) is 0 Å². The number of aliphatic hydroxyl groups is 5. The summed E-state index contributed by atoms with van der Waals surface area (Å²) in [6.45, 7) is 3.81. The molecule has 0 aromatic carbocycles. The van der Waals surface area contributed by atoms with E-state index in [0.29, 0.717) is 12.8 Å². The molecule has 286 valence electrons. The molecule has 0 aromatic heterocycles.